The third-order valence-corrected chi connectivity index (χ3v) is 2.79. The van der Waals surface area contributed by atoms with Gasteiger partial charge in [-0.05, 0) is 6.07 Å². The molecule has 92 valence electrons. The molecule has 1 amide bonds. The van der Waals surface area contributed by atoms with Crippen molar-refractivity contribution in [2.75, 3.05) is 30.8 Å². The summed E-state index contributed by atoms with van der Waals surface area (Å²) >= 11 is 0. The van der Waals surface area contributed by atoms with Crippen LogP contribution in [0.5, 0.6) is 0 Å². The van der Waals surface area contributed by atoms with Crippen LogP contribution in [0.1, 0.15) is 6.42 Å². The number of pyridine rings is 1. The number of ether oxygens (including phenoxy) is 1. The van der Waals surface area contributed by atoms with E-state index < -0.39 is 0 Å². The Morgan fingerprint density at radius 3 is 3.24 bits per heavy atom. The fourth-order valence-corrected chi connectivity index (χ4v) is 1.94. The SMILES string of the molecule is CNC(=O)OC1CCN(c2ccncc2N)C1. The van der Waals surface area contributed by atoms with Crippen LogP contribution in [0.3, 0.4) is 0 Å². The van der Waals surface area contributed by atoms with E-state index in [0.29, 0.717) is 12.2 Å². The first kappa shape index (κ1) is 11.5. The van der Waals surface area contributed by atoms with Gasteiger partial charge in [-0.2, -0.15) is 0 Å². The maximum absolute atomic E-state index is 11.1. The second kappa shape index (κ2) is 4.90. The maximum Gasteiger partial charge on any atom is 0.407 e. The zero-order valence-corrected chi connectivity index (χ0v) is 9.72. The van der Waals surface area contributed by atoms with E-state index in [0.717, 1.165) is 18.7 Å². The van der Waals surface area contributed by atoms with E-state index in [2.05, 4.69) is 15.2 Å². The molecule has 1 atom stereocenters. The predicted octanol–water partition coefficient (Wildman–Crippen LogP) is 0.598. The van der Waals surface area contributed by atoms with Crippen LogP contribution in [-0.2, 0) is 4.74 Å². The van der Waals surface area contributed by atoms with E-state index in [1.165, 1.54) is 0 Å². The Labute approximate surface area is 99.8 Å². The van der Waals surface area contributed by atoms with Gasteiger partial charge in [-0.3, -0.25) is 4.98 Å². The smallest absolute Gasteiger partial charge is 0.407 e. The number of alkyl carbamates (subject to hydrolysis) is 1. The van der Waals surface area contributed by atoms with Crippen LogP contribution in [-0.4, -0.2) is 37.3 Å². The molecule has 1 fully saturated rings. The molecule has 0 aromatic carbocycles. The van der Waals surface area contributed by atoms with Crippen molar-refractivity contribution in [3.63, 3.8) is 0 Å². The van der Waals surface area contributed by atoms with Crippen molar-refractivity contribution >= 4 is 17.5 Å². The van der Waals surface area contributed by atoms with Crippen molar-refractivity contribution < 1.29 is 9.53 Å². The summed E-state index contributed by atoms with van der Waals surface area (Å²) in [6, 6.07) is 1.87. The minimum atomic E-state index is -0.389. The number of carbonyl (C=O) groups is 1. The lowest BCUT2D eigenvalue weighted by Gasteiger charge is -2.19. The van der Waals surface area contributed by atoms with E-state index >= 15 is 0 Å². The monoisotopic (exact) mass is 236 g/mol. The summed E-state index contributed by atoms with van der Waals surface area (Å²) in [6.45, 7) is 1.50. The van der Waals surface area contributed by atoms with Gasteiger partial charge in [-0.1, -0.05) is 0 Å². The van der Waals surface area contributed by atoms with Crippen LogP contribution in [0, 0.1) is 0 Å². The number of nitrogens with two attached hydrogens (primary N) is 1. The molecule has 1 unspecified atom stereocenters. The van der Waals surface area contributed by atoms with Gasteiger partial charge >= 0.3 is 6.09 Å². The minimum absolute atomic E-state index is 0.0810. The Bertz CT molecular complexity index is 410. The summed E-state index contributed by atoms with van der Waals surface area (Å²) in [5.74, 6) is 0. The molecule has 0 bridgehead atoms. The van der Waals surface area contributed by atoms with Crippen LogP contribution < -0.4 is 16.0 Å². The highest BCUT2D eigenvalue weighted by atomic mass is 16.6. The van der Waals surface area contributed by atoms with Crippen molar-refractivity contribution in [3.05, 3.63) is 18.5 Å². The lowest BCUT2D eigenvalue weighted by Crippen LogP contribution is -2.29. The van der Waals surface area contributed by atoms with E-state index in [4.69, 9.17) is 10.5 Å². The molecule has 1 aromatic heterocycles. The average Bonchev–Trinajstić information content (AvgIpc) is 2.78. The summed E-state index contributed by atoms with van der Waals surface area (Å²) in [6.07, 6.45) is 3.68. The normalized spacial score (nSPS) is 19.1. The molecule has 0 saturated carbocycles. The lowest BCUT2D eigenvalue weighted by atomic mass is 10.3. The first-order chi connectivity index (χ1) is 8.20. The molecule has 1 aromatic rings. The van der Waals surface area contributed by atoms with Crippen molar-refractivity contribution in [1.82, 2.24) is 10.3 Å². The van der Waals surface area contributed by atoms with Crippen molar-refractivity contribution in [2.45, 2.75) is 12.5 Å². The van der Waals surface area contributed by atoms with Gasteiger partial charge in [-0.25, -0.2) is 4.79 Å². The number of carbonyl (C=O) groups excluding carboxylic acids is 1. The molecule has 1 aliphatic heterocycles. The van der Waals surface area contributed by atoms with Gasteiger partial charge in [0.2, 0.25) is 0 Å². The molecule has 6 nitrogen and oxygen atoms in total. The van der Waals surface area contributed by atoms with Gasteiger partial charge in [0.15, 0.2) is 0 Å². The van der Waals surface area contributed by atoms with Gasteiger partial charge in [0.1, 0.15) is 6.10 Å². The Kier molecular flexibility index (Phi) is 3.32. The van der Waals surface area contributed by atoms with Crippen LogP contribution in [0.25, 0.3) is 0 Å². The van der Waals surface area contributed by atoms with E-state index in [9.17, 15) is 4.79 Å². The summed E-state index contributed by atoms with van der Waals surface area (Å²) in [5.41, 5.74) is 7.44. The zero-order chi connectivity index (χ0) is 12.3. The largest absolute Gasteiger partial charge is 0.444 e. The van der Waals surface area contributed by atoms with Gasteiger partial charge < -0.3 is 20.7 Å². The summed E-state index contributed by atoms with van der Waals surface area (Å²) in [7, 11) is 1.55. The molecule has 0 radical (unpaired) electrons. The molecule has 3 N–H and O–H groups in total. The molecular weight excluding hydrogens is 220 g/mol. The third kappa shape index (κ3) is 2.58. The highest BCUT2D eigenvalue weighted by Crippen LogP contribution is 2.26. The number of nitrogens with zero attached hydrogens (tertiary/aromatic N) is 2. The van der Waals surface area contributed by atoms with Crippen molar-refractivity contribution in [3.8, 4) is 0 Å². The third-order valence-electron chi connectivity index (χ3n) is 2.79. The number of amides is 1. The summed E-state index contributed by atoms with van der Waals surface area (Å²) in [5, 5.41) is 2.44. The van der Waals surface area contributed by atoms with Gasteiger partial charge in [0.05, 0.1) is 24.1 Å². The van der Waals surface area contributed by atoms with E-state index in [1.54, 1.807) is 19.4 Å². The second-order valence-electron chi connectivity index (χ2n) is 3.95. The number of nitrogen functional groups attached to an aromatic ring is 1. The number of hydrogen-bond acceptors (Lipinski definition) is 5. The van der Waals surface area contributed by atoms with Crippen LogP contribution in [0.15, 0.2) is 18.5 Å². The standard InChI is InChI=1S/C11H16N4O2/c1-13-11(16)17-8-3-5-15(7-8)10-2-4-14-6-9(10)12/h2,4,6,8H,3,5,7,12H2,1H3,(H,13,16). The predicted molar refractivity (Wildman–Crippen MR) is 64.8 cm³/mol. The van der Waals surface area contributed by atoms with Crippen LogP contribution in [0.4, 0.5) is 16.2 Å². The van der Waals surface area contributed by atoms with Gasteiger partial charge in [0.25, 0.3) is 0 Å². The molecule has 1 saturated heterocycles. The number of anilines is 2. The summed E-state index contributed by atoms with van der Waals surface area (Å²) < 4.78 is 5.20. The van der Waals surface area contributed by atoms with Gasteiger partial charge in [0, 0.05) is 26.2 Å². The molecule has 0 aliphatic carbocycles. The van der Waals surface area contributed by atoms with Crippen LogP contribution >= 0.6 is 0 Å². The fourth-order valence-electron chi connectivity index (χ4n) is 1.94. The minimum Gasteiger partial charge on any atom is -0.444 e. The molecule has 17 heavy (non-hydrogen) atoms. The second-order valence-corrected chi connectivity index (χ2v) is 3.95. The lowest BCUT2D eigenvalue weighted by molar-refractivity contribution is 0.110. The zero-order valence-electron chi connectivity index (χ0n) is 9.72. The highest BCUT2D eigenvalue weighted by Gasteiger charge is 2.26. The molecule has 2 rings (SSSR count). The number of hydrogen-bond donors (Lipinski definition) is 2. The first-order valence-electron chi connectivity index (χ1n) is 5.53. The maximum atomic E-state index is 11.1. The number of rotatable bonds is 2. The Morgan fingerprint density at radius 2 is 2.53 bits per heavy atom. The molecule has 1 aliphatic rings. The molecule has 2 heterocycles. The fraction of sp³-hybridized carbons (Fsp3) is 0.455. The molecule has 0 spiro atoms. The van der Waals surface area contributed by atoms with Crippen molar-refractivity contribution in [1.29, 1.82) is 0 Å². The topological polar surface area (TPSA) is 80.5 Å². The Balaban J connectivity index is 1.98. The number of nitrogens with one attached hydrogen (secondary N) is 1. The van der Waals surface area contributed by atoms with E-state index in [-0.39, 0.29) is 12.2 Å². The Hall–Kier alpha value is -1.98. The Morgan fingerprint density at radius 1 is 1.71 bits per heavy atom. The average molecular weight is 236 g/mol. The molecular formula is C11H16N4O2. The molecule has 6 heteroatoms. The first-order valence-corrected chi connectivity index (χ1v) is 5.53. The quantitative estimate of drug-likeness (QED) is 0.786. The number of aromatic nitrogens is 1. The summed E-state index contributed by atoms with van der Waals surface area (Å²) in [4.78, 5) is 17.1. The van der Waals surface area contributed by atoms with E-state index in [1.807, 2.05) is 6.07 Å². The van der Waals surface area contributed by atoms with Gasteiger partial charge in [-0.15, -0.1) is 0 Å². The highest BCUT2D eigenvalue weighted by molar-refractivity contribution is 5.68. The van der Waals surface area contributed by atoms with Crippen molar-refractivity contribution in [2.24, 2.45) is 0 Å². The van der Waals surface area contributed by atoms with Crippen LogP contribution in [0.2, 0.25) is 0 Å².